The molecule has 1 aliphatic heterocycles. The summed E-state index contributed by atoms with van der Waals surface area (Å²) >= 11 is 12.4. The molecule has 27 heavy (non-hydrogen) atoms. The fourth-order valence-electron chi connectivity index (χ4n) is 3.34. The molecule has 7 heteroatoms. The van der Waals surface area contributed by atoms with Crippen LogP contribution in [0.15, 0.2) is 47.6 Å². The van der Waals surface area contributed by atoms with Gasteiger partial charge in [0.1, 0.15) is 5.71 Å². The first kappa shape index (κ1) is 18.1. The highest BCUT2D eigenvalue weighted by atomic mass is 35.5. The van der Waals surface area contributed by atoms with E-state index in [1.807, 2.05) is 30.3 Å². The van der Waals surface area contributed by atoms with Crippen LogP contribution in [0.3, 0.4) is 0 Å². The summed E-state index contributed by atoms with van der Waals surface area (Å²) in [4.78, 5) is 12.7. The highest BCUT2D eigenvalue weighted by molar-refractivity contribution is 6.40. The van der Waals surface area contributed by atoms with Crippen molar-refractivity contribution in [3.8, 4) is 0 Å². The number of nitrogens with one attached hydrogen (secondary N) is 1. The lowest BCUT2D eigenvalue weighted by Crippen LogP contribution is -2.42. The van der Waals surface area contributed by atoms with E-state index < -0.39 is 0 Å². The Morgan fingerprint density at radius 1 is 1.15 bits per heavy atom. The molecule has 0 radical (unpaired) electrons. The normalized spacial score (nSPS) is 19.6. The summed E-state index contributed by atoms with van der Waals surface area (Å²) in [5, 5.41) is 10.7. The molecule has 5 nitrogen and oxygen atoms in total. The number of nitrogens with zero attached hydrogens (tertiary/aromatic N) is 2. The number of nitrogen functional groups attached to an aromatic ring is 1. The van der Waals surface area contributed by atoms with Gasteiger partial charge in [-0.15, -0.1) is 0 Å². The number of hydrogen-bond donors (Lipinski definition) is 2. The number of carbonyl (C=O) groups is 1. The van der Waals surface area contributed by atoms with E-state index in [-0.39, 0.29) is 18.0 Å². The van der Waals surface area contributed by atoms with Gasteiger partial charge < -0.3 is 11.1 Å². The Labute approximate surface area is 168 Å². The zero-order chi connectivity index (χ0) is 19.0. The number of carbonyl (C=O) groups excluding carboxylic acids is 1. The minimum absolute atomic E-state index is 0.104. The van der Waals surface area contributed by atoms with Crippen LogP contribution < -0.4 is 16.1 Å². The van der Waals surface area contributed by atoms with Crippen LogP contribution in [-0.4, -0.2) is 17.7 Å². The largest absolute Gasteiger partial charge is 0.399 e. The maximum atomic E-state index is 12.7. The highest BCUT2D eigenvalue weighted by Gasteiger charge is 2.34. The van der Waals surface area contributed by atoms with Gasteiger partial charge >= 0.3 is 0 Å². The number of hydrazone groups is 1. The van der Waals surface area contributed by atoms with Gasteiger partial charge in [-0.2, -0.15) is 5.10 Å². The lowest BCUT2D eigenvalue weighted by atomic mass is 9.93. The Bertz CT molecular complexity index is 893. The molecule has 4 rings (SSSR count). The number of rotatable bonds is 4. The van der Waals surface area contributed by atoms with Crippen LogP contribution in [0.2, 0.25) is 10.0 Å². The van der Waals surface area contributed by atoms with Crippen molar-refractivity contribution in [3.63, 3.8) is 0 Å². The molecule has 140 valence electrons. The van der Waals surface area contributed by atoms with Gasteiger partial charge in [0, 0.05) is 23.2 Å². The maximum Gasteiger partial charge on any atom is 0.267 e. The third kappa shape index (κ3) is 3.75. The standard InChI is InChI=1S/C20H20Cl2N4O/c21-13-6-4-12(5-7-13)19-11-17(20(27)24-15-2-1-3-15)25-26(19)18-9-8-14(23)10-16(18)22/h4-10,15,19H,1-3,11,23H2,(H,24,27). The van der Waals surface area contributed by atoms with Crippen molar-refractivity contribution in [2.24, 2.45) is 5.10 Å². The Morgan fingerprint density at radius 2 is 1.89 bits per heavy atom. The molecule has 3 N–H and O–H groups in total. The Hall–Kier alpha value is -2.24. The van der Waals surface area contributed by atoms with Gasteiger partial charge in [-0.3, -0.25) is 9.80 Å². The van der Waals surface area contributed by atoms with E-state index in [0.717, 1.165) is 30.5 Å². The van der Waals surface area contributed by atoms with Crippen molar-refractivity contribution in [1.82, 2.24) is 5.32 Å². The molecule has 1 amide bonds. The van der Waals surface area contributed by atoms with Gasteiger partial charge in [0.05, 0.1) is 16.8 Å². The lowest BCUT2D eigenvalue weighted by molar-refractivity contribution is -0.116. The quantitative estimate of drug-likeness (QED) is 0.736. The van der Waals surface area contributed by atoms with E-state index in [4.69, 9.17) is 28.9 Å². The van der Waals surface area contributed by atoms with Crippen molar-refractivity contribution in [2.75, 3.05) is 10.7 Å². The second-order valence-corrected chi connectivity index (χ2v) is 7.82. The molecule has 0 saturated heterocycles. The molecule has 0 spiro atoms. The van der Waals surface area contributed by atoms with Gasteiger partial charge in [0.25, 0.3) is 5.91 Å². The first-order valence-corrected chi connectivity index (χ1v) is 9.75. The summed E-state index contributed by atoms with van der Waals surface area (Å²) in [6.07, 6.45) is 3.74. The van der Waals surface area contributed by atoms with Gasteiger partial charge in [0.15, 0.2) is 0 Å². The smallest absolute Gasteiger partial charge is 0.267 e. The summed E-state index contributed by atoms with van der Waals surface area (Å²) < 4.78 is 0. The second kappa shape index (κ2) is 7.41. The van der Waals surface area contributed by atoms with Crippen molar-refractivity contribution in [2.45, 2.75) is 37.8 Å². The minimum Gasteiger partial charge on any atom is -0.399 e. The molecular formula is C20H20Cl2N4O. The van der Waals surface area contributed by atoms with Crippen molar-refractivity contribution in [3.05, 3.63) is 58.1 Å². The van der Waals surface area contributed by atoms with Crippen molar-refractivity contribution < 1.29 is 4.79 Å². The van der Waals surface area contributed by atoms with Crippen molar-refractivity contribution >= 4 is 46.2 Å². The fourth-order valence-corrected chi connectivity index (χ4v) is 3.75. The van der Waals surface area contributed by atoms with Gasteiger partial charge in [-0.25, -0.2) is 0 Å². The Balaban J connectivity index is 1.66. The van der Waals surface area contributed by atoms with Crippen LogP contribution >= 0.6 is 23.2 Å². The number of anilines is 2. The van der Waals surface area contributed by atoms with Gasteiger partial charge in [-0.1, -0.05) is 35.3 Å². The van der Waals surface area contributed by atoms with Crippen LogP contribution in [-0.2, 0) is 4.79 Å². The molecule has 1 atom stereocenters. The second-order valence-electron chi connectivity index (χ2n) is 6.97. The molecule has 2 aromatic rings. The number of amides is 1. The van der Waals surface area contributed by atoms with Crippen LogP contribution in [0, 0.1) is 0 Å². The number of nitrogens with two attached hydrogens (primary N) is 1. The van der Waals surface area contributed by atoms with E-state index in [9.17, 15) is 4.79 Å². The van der Waals surface area contributed by atoms with E-state index in [1.165, 1.54) is 0 Å². The predicted molar refractivity (Wildman–Crippen MR) is 110 cm³/mol. The van der Waals surface area contributed by atoms with Gasteiger partial charge in [-0.05, 0) is 55.2 Å². The predicted octanol–water partition coefficient (Wildman–Crippen LogP) is 4.55. The van der Waals surface area contributed by atoms with E-state index in [1.54, 1.807) is 17.1 Å². The zero-order valence-electron chi connectivity index (χ0n) is 14.7. The molecule has 0 aromatic heterocycles. The number of halogens is 2. The van der Waals surface area contributed by atoms with Crippen LogP contribution in [0.5, 0.6) is 0 Å². The molecule has 1 saturated carbocycles. The molecule has 1 heterocycles. The fraction of sp³-hybridized carbons (Fsp3) is 0.300. The molecule has 2 aliphatic rings. The molecular weight excluding hydrogens is 383 g/mol. The molecule has 1 unspecified atom stereocenters. The van der Waals surface area contributed by atoms with E-state index >= 15 is 0 Å². The molecule has 2 aromatic carbocycles. The summed E-state index contributed by atoms with van der Waals surface area (Å²) in [7, 11) is 0. The summed E-state index contributed by atoms with van der Waals surface area (Å²) in [5.74, 6) is -0.104. The summed E-state index contributed by atoms with van der Waals surface area (Å²) in [5.41, 5.74) is 8.65. The number of hydrogen-bond acceptors (Lipinski definition) is 4. The van der Waals surface area contributed by atoms with Crippen molar-refractivity contribution in [1.29, 1.82) is 0 Å². The number of benzene rings is 2. The van der Waals surface area contributed by atoms with E-state index in [2.05, 4.69) is 10.4 Å². The Kier molecular flexibility index (Phi) is 4.98. The first-order chi connectivity index (χ1) is 13.0. The lowest BCUT2D eigenvalue weighted by Gasteiger charge is -2.26. The summed E-state index contributed by atoms with van der Waals surface area (Å²) in [6.45, 7) is 0. The van der Waals surface area contributed by atoms with Gasteiger partial charge in [0.2, 0.25) is 0 Å². The highest BCUT2D eigenvalue weighted by Crippen LogP contribution is 2.39. The molecule has 0 bridgehead atoms. The van der Waals surface area contributed by atoms with Crippen LogP contribution in [0.4, 0.5) is 11.4 Å². The maximum absolute atomic E-state index is 12.7. The van der Waals surface area contributed by atoms with Crippen LogP contribution in [0.1, 0.15) is 37.3 Å². The zero-order valence-corrected chi connectivity index (χ0v) is 16.2. The third-order valence-electron chi connectivity index (χ3n) is 5.09. The first-order valence-electron chi connectivity index (χ1n) is 8.99. The molecule has 1 fully saturated rings. The molecule has 1 aliphatic carbocycles. The third-order valence-corrected chi connectivity index (χ3v) is 5.64. The monoisotopic (exact) mass is 402 g/mol. The summed E-state index contributed by atoms with van der Waals surface area (Å²) in [6, 6.07) is 13.0. The van der Waals surface area contributed by atoms with E-state index in [0.29, 0.717) is 27.9 Å². The van der Waals surface area contributed by atoms with Crippen LogP contribution in [0.25, 0.3) is 0 Å². The Morgan fingerprint density at radius 3 is 2.52 bits per heavy atom. The SMILES string of the molecule is Nc1ccc(N2N=C(C(=O)NC3CCC3)CC2c2ccc(Cl)cc2)c(Cl)c1. The minimum atomic E-state index is -0.134. The average Bonchev–Trinajstić information content (AvgIpc) is 3.04. The topological polar surface area (TPSA) is 70.7 Å². The average molecular weight is 403 g/mol.